The molecule has 110 valence electrons. The summed E-state index contributed by atoms with van der Waals surface area (Å²) in [6.45, 7) is 3.69. The molecule has 0 saturated carbocycles. The summed E-state index contributed by atoms with van der Waals surface area (Å²) in [5, 5.41) is 7.76. The lowest BCUT2D eigenvalue weighted by atomic mass is 10.0. The van der Waals surface area contributed by atoms with Crippen molar-refractivity contribution in [2.24, 2.45) is 5.92 Å². The van der Waals surface area contributed by atoms with Gasteiger partial charge in [0.15, 0.2) is 0 Å². The molecule has 6 nitrogen and oxygen atoms in total. The molecule has 7 heteroatoms. The highest BCUT2D eigenvalue weighted by molar-refractivity contribution is 7.12. The number of nitrogens with one attached hydrogen (secondary N) is 2. The first kappa shape index (κ1) is 15.0. The minimum absolute atomic E-state index is 0.0141. The summed E-state index contributed by atoms with van der Waals surface area (Å²) in [6, 6.07) is 1.72. The molecule has 2 heterocycles. The Balaban J connectivity index is 2.04. The maximum Gasteiger partial charge on any atom is 0.350 e. The van der Waals surface area contributed by atoms with E-state index in [0.29, 0.717) is 23.8 Å². The van der Waals surface area contributed by atoms with Gasteiger partial charge < -0.3 is 20.1 Å². The highest BCUT2D eigenvalue weighted by atomic mass is 32.1. The Morgan fingerprint density at radius 1 is 1.50 bits per heavy atom. The number of rotatable bonds is 5. The largest absolute Gasteiger partial charge is 0.465 e. The van der Waals surface area contributed by atoms with Crippen LogP contribution in [0.3, 0.4) is 0 Å². The van der Waals surface area contributed by atoms with Crippen molar-refractivity contribution in [1.29, 1.82) is 0 Å². The Bertz CT molecular complexity index is 488. The van der Waals surface area contributed by atoms with Gasteiger partial charge in [0.25, 0.3) is 0 Å². The average molecular weight is 298 g/mol. The molecule has 2 unspecified atom stereocenters. The number of hydrogen-bond donors (Lipinski definition) is 2. The van der Waals surface area contributed by atoms with Crippen LogP contribution in [0, 0.1) is 5.92 Å². The van der Waals surface area contributed by atoms with E-state index in [2.05, 4.69) is 15.4 Å². The van der Waals surface area contributed by atoms with Crippen LogP contribution < -0.4 is 10.6 Å². The molecular weight excluding hydrogens is 280 g/mol. The predicted octanol–water partition coefficient (Wildman–Crippen LogP) is 1.10. The number of ether oxygens (including phenoxy) is 2. The number of anilines is 1. The molecule has 20 heavy (non-hydrogen) atoms. The van der Waals surface area contributed by atoms with Crippen molar-refractivity contribution in [2.45, 2.75) is 13.0 Å². The number of hydrogen-bond acceptors (Lipinski definition) is 6. The lowest BCUT2D eigenvalue weighted by Gasteiger charge is -2.17. The number of thiophene rings is 1. The molecule has 2 rings (SSSR count). The molecule has 2 N–H and O–H groups in total. The summed E-state index contributed by atoms with van der Waals surface area (Å²) < 4.78 is 10.0. The van der Waals surface area contributed by atoms with Crippen LogP contribution in [0.2, 0.25) is 0 Å². The minimum atomic E-state index is -0.443. The Hall–Kier alpha value is -1.44. The number of carbonyl (C=O) groups excluding carboxylic acids is 2. The third kappa shape index (κ3) is 3.17. The smallest absolute Gasteiger partial charge is 0.350 e. The predicted molar refractivity (Wildman–Crippen MR) is 76.1 cm³/mol. The van der Waals surface area contributed by atoms with Crippen molar-refractivity contribution < 1.29 is 19.1 Å². The third-order valence-electron chi connectivity index (χ3n) is 3.18. The molecular formula is C13H18N2O4S. The van der Waals surface area contributed by atoms with Crippen LogP contribution in [-0.2, 0) is 14.3 Å². The number of esters is 1. The van der Waals surface area contributed by atoms with E-state index < -0.39 is 5.97 Å². The van der Waals surface area contributed by atoms with Crippen molar-refractivity contribution >= 4 is 28.9 Å². The van der Waals surface area contributed by atoms with E-state index in [9.17, 15) is 9.59 Å². The third-order valence-corrected chi connectivity index (χ3v) is 4.07. The van der Waals surface area contributed by atoms with Gasteiger partial charge in [0.2, 0.25) is 5.91 Å². The molecule has 0 radical (unpaired) electrons. The zero-order chi connectivity index (χ0) is 14.5. The summed E-state index contributed by atoms with van der Waals surface area (Å²) in [7, 11) is 1.32. The molecule has 1 aliphatic heterocycles. The molecule has 0 aromatic carbocycles. The van der Waals surface area contributed by atoms with Crippen LogP contribution in [-0.4, -0.2) is 44.8 Å². The number of amides is 1. The van der Waals surface area contributed by atoms with Crippen molar-refractivity contribution in [1.82, 2.24) is 5.32 Å². The molecule has 1 amide bonds. The molecule has 1 fully saturated rings. The molecule has 0 bridgehead atoms. The van der Waals surface area contributed by atoms with Gasteiger partial charge in [-0.2, -0.15) is 0 Å². The van der Waals surface area contributed by atoms with Gasteiger partial charge in [-0.1, -0.05) is 6.92 Å². The lowest BCUT2D eigenvalue weighted by Crippen LogP contribution is -2.41. The van der Waals surface area contributed by atoms with E-state index in [1.807, 2.05) is 6.92 Å². The standard InChI is InChI=1S/C13H18N2O4S/c1-3-14-10-7-19-6-8(10)12(16)15-9-4-5-20-11(9)13(17)18-2/h4-5,8,10,14H,3,6-7H2,1-2H3,(H,15,16). The maximum absolute atomic E-state index is 12.3. The van der Waals surface area contributed by atoms with Gasteiger partial charge in [-0.3, -0.25) is 4.79 Å². The molecule has 1 aliphatic rings. The van der Waals surface area contributed by atoms with Crippen LogP contribution in [0.25, 0.3) is 0 Å². The molecule has 0 aliphatic carbocycles. The average Bonchev–Trinajstić information content (AvgIpc) is 3.07. The van der Waals surface area contributed by atoms with Gasteiger partial charge in [-0.15, -0.1) is 11.3 Å². The second-order valence-corrected chi connectivity index (χ2v) is 5.37. The lowest BCUT2D eigenvalue weighted by molar-refractivity contribution is -0.120. The normalized spacial score (nSPS) is 21.7. The van der Waals surface area contributed by atoms with Gasteiger partial charge in [-0.25, -0.2) is 4.79 Å². The Morgan fingerprint density at radius 2 is 2.30 bits per heavy atom. The Labute approximate surface area is 121 Å². The second-order valence-electron chi connectivity index (χ2n) is 4.45. The summed E-state index contributed by atoms with van der Waals surface area (Å²) >= 11 is 1.24. The van der Waals surface area contributed by atoms with E-state index in [1.54, 1.807) is 11.4 Å². The summed E-state index contributed by atoms with van der Waals surface area (Å²) in [5.41, 5.74) is 0.494. The maximum atomic E-state index is 12.3. The summed E-state index contributed by atoms with van der Waals surface area (Å²) in [6.07, 6.45) is 0. The van der Waals surface area contributed by atoms with Gasteiger partial charge in [0.1, 0.15) is 4.88 Å². The van der Waals surface area contributed by atoms with E-state index >= 15 is 0 Å². The van der Waals surface area contributed by atoms with E-state index in [1.165, 1.54) is 18.4 Å². The van der Waals surface area contributed by atoms with Crippen LogP contribution in [0.15, 0.2) is 11.4 Å². The van der Waals surface area contributed by atoms with Gasteiger partial charge in [-0.05, 0) is 18.0 Å². The SMILES string of the molecule is CCNC1COCC1C(=O)Nc1ccsc1C(=O)OC. The fourth-order valence-corrected chi connectivity index (χ4v) is 2.93. The highest BCUT2D eigenvalue weighted by Crippen LogP contribution is 2.25. The summed E-state index contributed by atoms with van der Waals surface area (Å²) in [5.74, 6) is -0.835. The van der Waals surface area contributed by atoms with Gasteiger partial charge in [0, 0.05) is 6.04 Å². The van der Waals surface area contributed by atoms with Crippen molar-refractivity contribution in [2.75, 3.05) is 32.2 Å². The minimum Gasteiger partial charge on any atom is -0.465 e. The quantitative estimate of drug-likeness (QED) is 0.796. The Morgan fingerprint density at radius 3 is 3.00 bits per heavy atom. The summed E-state index contributed by atoms with van der Waals surface area (Å²) in [4.78, 5) is 24.2. The highest BCUT2D eigenvalue weighted by Gasteiger charge is 2.34. The van der Waals surface area contributed by atoms with Crippen LogP contribution in [0.1, 0.15) is 16.6 Å². The zero-order valence-electron chi connectivity index (χ0n) is 11.5. The molecule has 1 saturated heterocycles. The molecule has 1 aromatic rings. The molecule has 1 aromatic heterocycles. The van der Waals surface area contributed by atoms with Crippen molar-refractivity contribution in [3.05, 3.63) is 16.3 Å². The fourth-order valence-electron chi connectivity index (χ4n) is 2.16. The van der Waals surface area contributed by atoms with Crippen LogP contribution in [0.5, 0.6) is 0 Å². The van der Waals surface area contributed by atoms with E-state index in [4.69, 9.17) is 4.74 Å². The first-order valence-electron chi connectivity index (χ1n) is 6.45. The number of carbonyl (C=O) groups is 2. The van der Waals surface area contributed by atoms with Gasteiger partial charge in [0.05, 0.1) is 31.9 Å². The van der Waals surface area contributed by atoms with Crippen molar-refractivity contribution in [3.8, 4) is 0 Å². The monoisotopic (exact) mass is 298 g/mol. The van der Waals surface area contributed by atoms with Crippen LogP contribution in [0.4, 0.5) is 5.69 Å². The van der Waals surface area contributed by atoms with Crippen molar-refractivity contribution in [3.63, 3.8) is 0 Å². The van der Waals surface area contributed by atoms with Gasteiger partial charge >= 0.3 is 5.97 Å². The number of methoxy groups -OCH3 is 1. The van der Waals surface area contributed by atoms with Crippen LogP contribution >= 0.6 is 11.3 Å². The fraction of sp³-hybridized carbons (Fsp3) is 0.538. The zero-order valence-corrected chi connectivity index (χ0v) is 12.3. The number of likely N-dealkylation sites (N-methyl/N-ethyl adjacent to an activating group) is 1. The first-order chi connectivity index (χ1) is 9.67. The first-order valence-corrected chi connectivity index (χ1v) is 7.33. The van der Waals surface area contributed by atoms with E-state index in [0.717, 1.165) is 6.54 Å². The second kappa shape index (κ2) is 6.83. The van der Waals surface area contributed by atoms with E-state index in [-0.39, 0.29) is 17.9 Å². The topological polar surface area (TPSA) is 76.7 Å². The molecule has 0 spiro atoms. The molecule has 2 atom stereocenters. The Kier molecular flexibility index (Phi) is 5.11.